The van der Waals surface area contributed by atoms with Crippen molar-refractivity contribution in [2.75, 3.05) is 26.4 Å². The first-order valence-electron chi connectivity index (χ1n) is 21.2. The fraction of sp³-hybridized carbons (Fsp3) is 0.975. The number of aliphatic hydroxyl groups is 8. The van der Waals surface area contributed by atoms with Crippen LogP contribution in [0.2, 0.25) is 0 Å². The number of hydrogen-bond donors (Lipinski definition) is 8. The van der Waals surface area contributed by atoms with E-state index >= 15 is 0 Å². The van der Waals surface area contributed by atoms with E-state index in [4.69, 9.17) is 23.7 Å². The second kappa shape index (κ2) is 30.1. The molecule has 11 unspecified atom stereocenters. The molecule has 14 nitrogen and oxygen atoms in total. The first kappa shape index (κ1) is 49.1. The van der Waals surface area contributed by atoms with Crippen LogP contribution < -0.4 is 0 Å². The molecule has 0 aromatic rings. The molecule has 2 heterocycles. The van der Waals surface area contributed by atoms with E-state index in [1.807, 2.05) is 0 Å². The van der Waals surface area contributed by atoms with Crippen molar-refractivity contribution in [2.24, 2.45) is 0 Å². The summed E-state index contributed by atoms with van der Waals surface area (Å²) in [4.78, 5) is 12.2. The van der Waals surface area contributed by atoms with Gasteiger partial charge in [-0.2, -0.15) is 0 Å². The zero-order valence-corrected chi connectivity index (χ0v) is 33.0. The van der Waals surface area contributed by atoms with Gasteiger partial charge in [-0.3, -0.25) is 4.79 Å². The van der Waals surface area contributed by atoms with E-state index in [0.717, 1.165) is 19.3 Å². The number of esters is 1. The van der Waals surface area contributed by atoms with Crippen LogP contribution in [0.1, 0.15) is 155 Å². The third-order valence-electron chi connectivity index (χ3n) is 10.6. The minimum absolute atomic E-state index is 0.247. The van der Waals surface area contributed by atoms with Crippen LogP contribution in [0, 0.1) is 0 Å². The molecule has 2 aliphatic heterocycles. The predicted molar refractivity (Wildman–Crippen MR) is 201 cm³/mol. The van der Waals surface area contributed by atoms with Crippen molar-refractivity contribution in [1.29, 1.82) is 0 Å². The van der Waals surface area contributed by atoms with Crippen LogP contribution in [0.3, 0.4) is 0 Å². The highest BCUT2D eigenvalue weighted by Crippen LogP contribution is 2.26. The minimum atomic E-state index is -1.72. The van der Waals surface area contributed by atoms with Gasteiger partial charge in [0.2, 0.25) is 0 Å². The molecule has 0 radical (unpaired) electrons. The lowest BCUT2D eigenvalue weighted by Gasteiger charge is -2.42. The van der Waals surface area contributed by atoms with E-state index in [-0.39, 0.29) is 13.0 Å². The average Bonchev–Trinajstić information content (AvgIpc) is 3.17. The van der Waals surface area contributed by atoms with Crippen LogP contribution in [0.4, 0.5) is 0 Å². The standard InChI is InChI=1S/C40H76O14/c1-2-3-4-5-6-7-8-9-10-11-12-13-14-15-16-17-18-19-20-21-22-23-24-32(43)50-26-29(42)27-51-39-38(49)36(47)34(45)31(54-39)28-52-40-37(48)35(46)33(44)30(25-41)53-40/h29-31,33-42,44-49H,2-28H2,1H3. The van der Waals surface area contributed by atoms with Crippen molar-refractivity contribution in [3.63, 3.8) is 0 Å². The molecule has 0 aromatic heterocycles. The van der Waals surface area contributed by atoms with Crippen LogP contribution in [0.5, 0.6) is 0 Å². The fourth-order valence-corrected chi connectivity index (χ4v) is 6.98. The number of hydrogen-bond acceptors (Lipinski definition) is 14. The Morgan fingerprint density at radius 1 is 0.519 bits per heavy atom. The van der Waals surface area contributed by atoms with Gasteiger partial charge in [0, 0.05) is 6.42 Å². The molecule has 0 bridgehead atoms. The van der Waals surface area contributed by atoms with E-state index in [1.54, 1.807) is 0 Å². The zero-order chi connectivity index (χ0) is 39.6. The van der Waals surface area contributed by atoms with Crippen LogP contribution >= 0.6 is 0 Å². The van der Waals surface area contributed by atoms with Gasteiger partial charge in [-0.05, 0) is 6.42 Å². The van der Waals surface area contributed by atoms with Crippen LogP contribution in [0.25, 0.3) is 0 Å². The van der Waals surface area contributed by atoms with Gasteiger partial charge in [0.25, 0.3) is 0 Å². The molecular weight excluding hydrogens is 704 g/mol. The number of aliphatic hydroxyl groups excluding tert-OH is 8. The molecule has 0 spiro atoms. The molecule has 2 rings (SSSR count). The first-order chi connectivity index (χ1) is 26.1. The maximum atomic E-state index is 12.2. The summed E-state index contributed by atoms with van der Waals surface area (Å²) in [6.45, 7) is 0.346. The monoisotopic (exact) mass is 781 g/mol. The Labute approximate surface area is 323 Å². The van der Waals surface area contributed by atoms with Gasteiger partial charge in [-0.25, -0.2) is 0 Å². The van der Waals surface area contributed by atoms with Gasteiger partial charge < -0.3 is 64.5 Å². The van der Waals surface area contributed by atoms with E-state index < -0.39 is 93.3 Å². The fourth-order valence-electron chi connectivity index (χ4n) is 6.98. The van der Waals surface area contributed by atoms with E-state index in [9.17, 15) is 45.6 Å². The molecule has 2 fully saturated rings. The average molecular weight is 781 g/mol. The predicted octanol–water partition coefficient (Wildman–Crippen LogP) is 3.52. The third kappa shape index (κ3) is 19.9. The summed E-state index contributed by atoms with van der Waals surface area (Å²) in [6.07, 6.45) is 12.0. The second-order valence-electron chi connectivity index (χ2n) is 15.4. The van der Waals surface area contributed by atoms with Gasteiger partial charge in [0.1, 0.15) is 61.5 Å². The molecule has 11 atom stereocenters. The van der Waals surface area contributed by atoms with E-state index in [0.29, 0.717) is 6.42 Å². The molecule has 320 valence electrons. The van der Waals surface area contributed by atoms with Gasteiger partial charge in [0.15, 0.2) is 12.6 Å². The summed E-state index contributed by atoms with van der Waals surface area (Å²) in [5.74, 6) is -0.430. The highest BCUT2D eigenvalue weighted by molar-refractivity contribution is 5.69. The molecule has 54 heavy (non-hydrogen) atoms. The number of carbonyl (C=O) groups is 1. The highest BCUT2D eigenvalue weighted by Gasteiger charge is 2.47. The lowest BCUT2D eigenvalue weighted by atomic mass is 9.98. The van der Waals surface area contributed by atoms with E-state index in [2.05, 4.69) is 6.92 Å². The summed E-state index contributed by atoms with van der Waals surface area (Å²) in [5, 5.41) is 80.6. The molecule has 0 amide bonds. The second-order valence-corrected chi connectivity index (χ2v) is 15.4. The summed E-state index contributed by atoms with van der Waals surface area (Å²) < 4.78 is 26.7. The summed E-state index contributed by atoms with van der Waals surface area (Å²) in [6, 6.07) is 0. The van der Waals surface area contributed by atoms with Gasteiger partial charge in [-0.1, -0.05) is 142 Å². The third-order valence-corrected chi connectivity index (χ3v) is 10.6. The number of unbranched alkanes of at least 4 members (excludes halogenated alkanes) is 21. The van der Waals surface area contributed by atoms with Crippen LogP contribution in [0.15, 0.2) is 0 Å². The smallest absolute Gasteiger partial charge is 0.305 e. The van der Waals surface area contributed by atoms with Gasteiger partial charge >= 0.3 is 5.97 Å². The summed E-state index contributed by atoms with van der Waals surface area (Å²) in [5.41, 5.74) is 0. The Kier molecular flexibility index (Phi) is 27.4. The minimum Gasteiger partial charge on any atom is -0.463 e. The van der Waals surface area contributed by atoms with Crippen LogP contribution in [-0.4, -0.2) is 141 Å². The molecule has 0 aromatic carbocycles. The molecule has 2 aliphatic rings. The number of rotatable bonds is 32. The normalized spacial score (nSPS) is 29.4. The summed E-state index contributed by atoms with van der Waals surface area (Å²) in [7, 11) is 0. The van der Waals surface area contributed by atoms with Crippen molar-refractivity contribution < 1.29 is 69.3 Å². The Bertz CT molecular complexity index is 912. The summed E-state index contributed by atoms with van der Waals surface area (Å²) >= 11 is 0. The van der Waals surface area contributed by atoms with E-state index in [1.165, 1.54) is 116 Å². The van der Waals surface area contributed by atoms with Gasteiger partial charge in [-0.15, -0.1) is 0 Å². The first-order valence-corrected chi connectivity index (χ1v) is 21.2. The highest BCUT2D eigenvalue weighted by atomic mass is 16.7. The Morgan fingerprint density at radius 3 is 1.35 bits per heavy atom. The zero-order valence-electron chi connectivity index (χ0n) is 33.0. The molecule has 0 aliphatic carbocycles. The SMILES string of the molecule is CCCCCCCCCCCCCCCCCCCCCCCCC(=O)OCC(O)COC1OC(COC2OC(CO)C(O)C(O)C2O)C(O)C(O)C1O. The van der Waals surface area contributed by atoms with Crippen molar-refractivity contribution in [3.05, 3.63) is 0 Å². The number of ether oxygens (including phenoxy) is 5. The maximum Gasteiger partial charge on any atom is 0.305 e. The molecule has 0 saturated carbocycles. The number of carbonyl (C=O) groups excluding carboxylic acids is 1. The van der Waals surface area contributed by atoms with Crippen LogP contribution in [-0.2, 0) is 28.5 Å². The Balaban J connectivity index is 1.44. The quantitative estimate of drug-likeness (QED) is 0.0362. The Morgan fingerprint density at radius 2 is 0.907 bits per heavy atom. The molecule has 2 saturated heterocycles. The maximum absolute atomic E-state index is 12.2. The Hall–Kier alpha value is -1.01. The van der Waals surface area contributed by atoms with Crippen molar-refractivity contribution >= 4 is 5.97 Å². The molecule has 14 heteroatoms. The lowest BCUT2D eigenvalue weighted by molar-refractivity contribution is -0.332. The topological polar surface area (TPSA) is 225 Å². The van der Waals surface area contributed by atoms with Crippen molar-refractivity contribution in [2.45, 2.75) is 222 Å². The lowest BCUT2D eigenvalue weighted by Crippen LogP contribution is -2.61. The largest absolute Gasteiger partial charge is 0.463 e. The molecular formula is C40H76O14. The van der Waals surface area contributed by atoms with Gasteiger partial charge in [0.05, 0.1) is 19.8 Å². The van der Waals surface area contributed by atoms with Crippen molar-refractivity contribution in [3.8, 4) is 0 Å². The molecule has 8 N–H and O–H groups in total. The van der Waals surface area contributed by atoms with Crippen molar-refractivity contribution in [1.82, 2.24) is 0 Å².